The van der Waals surface area contributed by atoms with E-state index in [0.29, 0.717) is 29.9 Å². The minimum atomic E-state index is -4.05. The van der Waals surface area contributed by atoms with E-state index in [1.807, 2.05) is 0 Å². The van der Waals surface area contributed by atoms with Gasteiger partial charge in [-0.15, -0.1) is 5.10 Å². The Morgan fingerprint density at radius 2 is 1.82 bits per heavy atom. The third-order valence-corrected chi connectivity index (χ3v) is 7.54. The van der Waals surface area contributed by atoms with Gasteiger partial charge < -0.3 is 15.0 Å². The molecule has 4 aromatic rings. The van der Waals surface area contributed by atoms with E-state index in [4.69, 9.17) is 4.74 Å². The van der Waals surface area contributed by atoms with E-state index in [1.54, 1.807) is 23.2 Å². The molecule has 15 heteroatoms. The Bertz CT molecular complexity index is 1670. The normalized spacial score (nSPS) is 13.3. The van der Waals surface area contributed by atoms with Crippen molar-refractivity contribution in [1.82, 2.24) is 29.8 Å². The number of fused-ring (bicyclic) bond motifs is 1. The molecule has 1 saturated heterocycles. The van der Waals surface area contributed by atoms with Gasteiger partial charge in [0, 0.05) is 36.6 Å². The van der Waals surface area contributed by atoms with E-state index in [9.17, 15) is 22.4 Å². The van der Waals surface area contributed by atoms with E-state index in [0.717, 1.165) is 37.1 Å². The van der Waals surface area contributed by atoms with Crippen LogP contribution in [0.2, 0.25) is 0 Å². The molecule has 1 fully saturated rings. The summed E-state index contributed by atoms with van der Waals surface area (Å²) in [7, 11) is -2.70. The molecular formula is C25H25FN8O5S. The summed E-state index contributed by atoms with van der Waals surface area (Å²) in [5.74, 6) is -0.635. The molecule has 13 nitrogen and oxygen atoms in total. The lowest BCUT2D eigenvalue weighted by molar-refractivity contribution is -0.128. The van der Waals surface area contributed by atoms with Crippen LogP contribution in [0, 0.1) is 5.82 Å². The first-order valence-electron chi connectivity index (χ1n) is 12.2. The Morgan fingerprint density at radius 3 is 2.55 bits per heavy atom. The number of urea groups is 1. The second-order valence-corrected chi connectivity index (χ2v) is 10.6. The van der Waals surface area contributed by atoms with Gasteiger partial charge in [0.05, 0.1) is 18.6 Å². The van der Waals surface area contributed by atoms with Crippen LogP contribution in [0.25, 0.3) is 16.8 Å². The van der Waals surface area contributed by atoms with Crippen molar-refractivity contribution >= 4 is 39.2 Å². The number of nitrogens with one attached hydrogen (secondary N) is 3. The molecule has 4 heterocycles. The summed E-state index contributed by atoms with van der Waals surface area (Å²) < 4.78 is 48.0. The Balaban J connectivity index is 1.31. The lowest BCUT2D eigenvalue weighted by Gasteiger charge is -2.15. The molecule has 5 rings (SSSR count). The van der Waals surface area contributed by atoms with Gasteiger partial charge in [-0.25, -0.2) is 27.1 Å². The molecule has 1 aliphatic rings. The Hall–Kier alpha value is -4.79. The lowest BCUT2D eigenvalue weighted by atomic mass is 10.1. The van der Waals surface area contributed by atoms with Gasteiger partial charge in [0.25, 0.3) is 16.0 Å². The number of hydrogen-bond donors (Lipinski definition) is 3. The van der Waals surface area contributed by atoms with Crippen LogP contribution >= 0.6 is 0 Å². The molecule has 0 saturated carbocycles. The number of ether oxygens (including phenoxy) is 1. The van der Waals surface area contributed by atoms with Crippen LogP contribution < -0.4 is 20.1 Å². The number of anilines is 2. The van der Waals surface area contributed by atoms with Crippen molar-refractivity contribution in [2.45, 2.75) is 17.7 Å². The van der Waals surface area contributed by atoms with E-state index in [2.05, 4.69) is 30.4 Å². The minimum absolute atomic E-state index is 0.0314. The zero-order valence-electron chi connectivity index (χ0n) is 21.3. The number of nitrogens with zero attached hydrogens (tertiary/aromatic N) is 5. The number of rotatable bonds is 8. The number of amides is 3. The van der Waals surface area contributed by atoms with Crippen LogP contribution in [0.3, 0.4) is 0 Å². The number of benzene rings is 1. The minimum Gasteiger partial charge on any atom is -0.480 e. The summed E-state index contributed by atoms with van der Waals surface area (Å²) in [4.78, 5) is 34.4. The highest BCUT2D eigenvalue weighted by molar-refractivity contribution is 7.92. The summed E-state index contributed by atoms with van der Waals surface area (Å²) >= 11 is 0. The lowest BCUT2D eigenvalue weighted by Crippen LogP contribution is -2.40. The molecule has 3 aromatic heterocycles. The number of sulfonamides is 1. The van der Waals surface area contributed by atoms with E-state index < -0.39 is 21.9 Å². The third kappa shape index (κ3) is 5.93. The molecule has 0 radical (unpaired) electrons. The molecule has 0 aliphatic carbocycles. The van der Waals surface area contributed by atoms with Gasteiger partial charge in [-0.1, -0.05) is 0 Å². The average molecular weight is 569 g/mol. The highest BCUT2D eigenvalue weighted by Crippen LogP contribution is 2.30. The summed E-state index contributed by atoms with van der Waals surface area (Å²) in [6.45, 7) is 1.27. The SMILES string of the molecule is COc1ncc(-c2ccc3nc(NC(=O)NCC(=O)N4CCCC4)nn3c2)cc1NS(=O)(=O)c1ccc(F)cc1. The first-order chi connectivity index (χ1) is 19.2. The summed E-state index contributed by atoms with van der Waals surface area (Å²) in [6, 6.07) is 8.72. The number of carbonyl (C=O) groups is 2. The Labute approximate surface area is 228 Å². The molecule has 208 valence electrons. The van der Waals surface area contributed by atoms with Crippen molar-refractivity contribution < 1.29 is 27.1 Å². The number of hydrogen-bond acceptors (Lipinski definition) is 8. The van der Waals surface area contributed by atoms with Crippen LogP contribution in [0.4, 0.5) is 20.8 Å². The second-order valence-electron chi connectivity index (χ2n) is 8.89. The van der Waals surface area contributed by atoms with Crippen molar-refractivity contribution in [3.05, 3.63) is 60.7 Å². The Kier molecular flexibility index (Phi) is 7.46. The maximum absolute atomic E-state index is 13.3. The fraction of sp³-hybridized carbons (Fsp3) is 0.240. The van der Waals surface area contributed by atoms with Crippen molar-refractivity contribution in [3.8, 4) is 17.0 Å². The first-order valence-corrected chi connectivity index (χ1v) is 13.7. The number of methoxy groups -OCH3 is 1. The fourth-order valence-corrected chi connectivity index (χ4v) is 5.20. The maximum atomic E-state index is 13.3. The maximum Gasteiger partial charge on any atom is 0.322 e. The van der Waals surface area contributed by atoms with Crippen LogP contribution in [0.5, 0.6) is 5.88 Å². The topological polar surface area (TPSA) is 160 Å². The van der Waals surface area contributed by atoms with Crippen molar-refractivity contribution in [1.29, 1.82) is 0 Å². The highest BCUT2D eigenvalue weighted by atomic mass is 32.2. The van der Waals surface area contributed by atoms with Crippen LogP contribution in [0.1, 0.15) is 12.8 Å². The number of carbonyl (C=O) groups excluding carboxylic acids is 2. The van der Waals surface area contributed by atoms with Crippen LogP contribution in [-0.4, -0.2) is 71.6 Å². The molecule has 40 heavy (non-hydrogen) atoms. The monoisotopic (exact) mass is 568 g/mol. The molecule has 3 N–H and O–H groups in total. The molecule has 1 aromatic carbocycles. The van der Waals surface area contributed by atoms with E-state index >= 15 is 0 Å². The van der Waals surface area contributed by atoms with E-state index in [-0.39, 0.29) is 34.9 Å². The van der Waals surface area contributed by atoms with Gasteiger partial charge >= 0.3 is 6.03 Å². The predicted octanol–water partition coefficient (Wildman–Crippen LogP) is 2.48. The molecule has 0 unspecified atom stereocenters. The highest BCUT2D eigenvalue weighted by Gasteiger charge is 2.20. The molecule has 0 bridgehead atoms. The fourth-order valence-electron chi connectivity index (χ4n) is 4.15. The molecule has 1 aliphatic heterocycles. The van der Waals surface area contributed by atoms with Gasteiger partial charge in [-0.2, -0.15) is 4.98 Å². The molecule has 3 amide bonds. The molecule has 0 atom stereocenters. The van der Waals surface area contributed by atoms with E-state index in [1.165, 1.54) is 23.9 Å². The number of halogens is 1. The van der Waals surface area contributed by atoms with Gasteiger partial charge in [-0.3, -0.25) is 14.8 Å². The van der Waals surface area contributed by atoms with Gasteiger partial charge in [0.15, 0.2) is 5.65 Å². The number of likely N-dealkylation sites (tertiary alicyclic amines) is 1. The zero-order chi connectivity index (χ0) is 28.3. The largest absolute Gasteiger partial charge is 0.480 e. The Morgan fingerprint density at radius 1 is 1.07 bits per heavy atom. The van der Waals surface area contributed by atoms with Crippen LogP contribution in [-0.2, 0) is 14.8 Å². The average Bonchev–Trinajstić information content (AvgIpc) is 3.61. The second kappa shape index (κ2) is 11.1. The zero-order valence-corrected chi connectivity index (χ0v) is 22.1. The van der Waals surface area contributed by atoms with Crippen LogP contribution in [0.15, 0.2) is 59.8 Å². The van der Waals surface area contributed by atoms with Gasteiger partial charge in [0.2, 0.25) is 11.8 Å². The van der Waals surface area contributed by atoms with Gasteiger partial charge in [-0.05, 0) is 55.3 Å². The number of pyridine rings is 2. The number of aromatic nitrogens is 4. The third-order valence-electron chi connectivity index (χ3n) is 6.16. The first kappa shape index (κ1) is 26.8. The standard InChI is InChI=1S/C25H25FN8O5S/c1-39-23-20(32-40(37,38)19-7-5-18(26)6-8-19)12-17(13-27-23)16-4-9-21-29-24(31-34(21)15-16)30-25(36)28-14-22(35)33-10-2-3-11-33/h4-9,12-13,15,32H,2-3,10-11,14H2,1H3,(H2,28,30,31,36). The molecule has 0 spiro atoms. The smallest absolute Gasteiger partial charge is 0.322 e. The summed E-state index contributed by atoms with van der Waals surface area (Å²) in [6.07, 6.45) is 5.05. The van der Waals surface area contributed by atoms with Crippen molar-refractivity contribution in [2.24, 2.45) is 0 Å². The quantitative estimate of drug-likeness (QED) is 0.292. The predicted molar refractivity (Wildman–Crippen MR) is 143 cm³/mol. The van der Waals surface area contributed by atoms with Crippen molar-refractivity contribution in [3.63, 3.8) is 0 Å². The van der Waals surface area contributed by atoms with Crippen molar-refractivity contribution in [2.75, 3.05) is 36.8 Å². The molecular weight excluding hydrogens is 543 g/mol. The summed E-state index contributed by atoms with van der Waals surface area (Å²) in [5.41, 5.74) is 1.65. The summed E-state index contributed by atoms with van der Waals surface area (Å²) in [5, 5.41) is 9.28. The van der Waals surface area contributed by atoms with Gasteiger partial charge in [0.1, 0.15) is 11.5 Å².